The zero-order valence-electron chi connectivity index (χ0n) is 10.1. The van der Waals surface area contributed by atoms with E-state index >= 15 is 0 Å². The Labute approximate surface area is 102 Å². The van der Waals surface area contributed by atoms with Crippen LogP contribution >= 0.6 is 0 Å². The molecule has 17 heavy (non-hydrogen) atoms. The summed E-state index contributed by atoms with van der Waals surface area (Å²) in [7, 11) is 0. The standard InChI is InChI=1S/C14H20FNO/c15-9-14(17)13-7-4-8-16(11-13)10-12-5-2-1-3-6-12/h1-3,5-6,13-14,17H,4,7-11H2. The molecule has 1 aromatic carbocycles. The highest BCUT2D eigenvalue weighted by Gasteiger charge is 2.25. The zero-order chi connectivity index (χ0) is 12.1. The molecule has 94 valence electrons. The average Bonchev–Trinajstić information content (AvgIpc) is 2.39. The van der Waals surface area contributed by atoms with Crippen molar-refractivity contribution < 1.29 is 9.50 Å². The van der Waals surface area contributed by atoms with E-state index in [1.165, 1.54) is 5.56 Å². The van der Waals surface area contributed by atoms with Gasteiger partial charge in [-0.1, -0.05) is 30.3 Å². The molecule has 2 rings (SSSR count). The minimum absolute atomic E-state index is 0.0949. The highest BCUT2D eigenvalue weighted by atomic mass is 19.1. The second-order valence-electron chi connectivity index (χ2n) is 4.84. The van der Waals surface area contributed by atoms with Crippen LogP contribution in [0.25, 0.3) is 0 Å². The number of benzene rings is 1. The van der Waals surface area contributed by atoms with Crippen molar-refractivity contribution in [2.45, 2.75) is 25.5 Å². The minimum atomic E-state index is -0.784. The SMILES string of the molecule is OC(CF)C1CCCN(Cc2ccccc2)C1. The van der Waals surface area contributed by atoms with Crippen LogP contribution in [0.4, 0.5) is 4.39 Å². The van der Waals surface area contributed by atoms with Gasteiger partial charge in [0.05, 0.1) is 6.10 Å². The normalized spacial score (nSPS) is 23.5. The van der Waals surface area contributed by atoms with Crippen LogP contribution in [0.3, 0.4) is 0 Å². The van der Waals surface area contributed by atoms with Gasteiger partial charge < -0.3 is 5.11 Å². The molecule has 0 bridgehead atoms. The molecule has 1 aromatic rings. The van der Waals surface area contributed by atoms with Gasteiger partial charge in [-0.15, -0.1) is 0 Å². The molecule has 1 aliphatic rings. The molecule has 0 spiro atoms. The van der Waals surface area contributed by atoms with E-state index in [2.05, 4.69) is 17.0 Å². The molecule has 2 nitrogen and oxygen atoms in total. The molecular weight excluding hydrogens is 217 g/mol. The van der Waals surface area contributed by atoms with Crippen LogP contribution in [-0.4, -0.2) is 35.9 Å². The minimum Gasteiger partial charge on any atom is -0.390 e. The summed E-state index contributed by atoms with van der Waals surface area (Å²) < 4.78 is 12.5. The number of hydrogen-bond donors (Lipinski definition) is 1. The van der Waals surface area contributed by atoms with E-state index < -0.39 is 12.8 Å². The van der Waals surface area contributed by atoms with Crippen molar-refractivity contribution in [3.63, 3.8) is 0 Å². The monoisotopic (exact) mass is 237 g/mol. The molecule has 0 aliphatic carbocycles. The number of nitrogens with zero attached hydrogens (tertiary/aromatic N) is 1. The van der Waals surface area contributed by atoms with Crippen molar-refractivity contribution in [1.82, 2.24) is 4.90 Å². The first-order valence-corrected chi connectivity index (χ1v) is 6.30. The van der Waals surface area contributed by atoms with Crippen molar-refractivity contribution in [2.75, 3.05) is 19.8 Å². The summed E-state index contributed by atoms with van der Waals surface area (Å²) in [6.45, 7) is 2.13. The predicted molar refractivity (Wildman–Crippen MR) is 66.4 cm³/mol. The van der Waals surface area contributed by atoms with Gasteiger partial charge >= 0.3 is 0 Å². The van der Waals surface area contributed by atoms with Crippen LogP contribution in [0.5, 0.6) is 0 Å². The number of likely N-dealkylation sites (tertiary alicyclic amines) is 1. The third-order valence-corrected chi connectivity index (χ3v) is 3.49. The number of hydrogen-bond acceptors (Lipinski definition) is 2. The zero-order valence-corrected chi connectivity index (χ0v) is 10.1. The maximum Gasteiger partial charge on any atom is 0.116 e. The molecule has 1 aliphatic heterocycles. The molecule has 0 amide bonds. The van der Waals surface area contributed by atoms with Gasteiger partial charge in [-0.2, -0.15) is 0 Å². The molecule has 0 radical (unpaired) electrons. The molecule has 2 unspecified atom stereocenters. The van der Waals surface area contributed by atoms with Crippen molar-refractivity contribution >= 4 is 0 Å². The molecule has 1 N–H and O–H groups in total. The second kappa shape index (κ2) is 6.12. The summed E-state index contributed by atoms with van der Waals surface area (Å²) in [6.07, 6.45) is 1.21. The third kappa shape index (κ3) is 3.51. The lowest BCUT2D eigenvalue weighted by Crippen LogP contribution is -2.40. The van der Waals surface area contributed by atoms with Crippen molar-refractivity contribution in [2.24, 2.45) is 5.92 Å². The van der Waals surface area contributed by atoms with E-state index in [0.717, 1.165) is 32.5 Å². The molecule has 1 fully saturated rings. The molecule has 1 heterocycles. The number of aliphatic hydroxyl groups excluding tert-OH is 1. The van der Waals surface area contributed by atoms with E-state index in [1.807, 2.05) is 18.2 Å². The van der Waals surface area contributed by atoms with Gasteiger partial charge in [0.25, 0.3) is 0 Å². The van der Waals surface area contributed by atoms with Gasteiger partial charge in [-0.05, 0) is 24.9 Å². The summed E-state index contributed by atoms with van der Waals surface area (Å²) in [5.41, 5.74) is 1.28. The van der Waals surface area contributed by atoms with Gasteiger partial charge in [-0.25, -0.2) is 4.39 Å². The summed E-state index contributed by atoms with van der Waals surface area (Å²) in [5, 5.41) is 9.56. The van der Waals surface area contributed by atoms with Crippen LogP contribution in [-0.2, 0) is 6.54 Å². The first kappa shape index (κ1) is 12.5. The predicted octanol–water partition coefficient (Wildman–Crippen LogP) is 2.23. The summed E-state index contributed by atoms with van der Waals surface area (Å²) in [4.78, 5) is 2.31. The lowest BCUT2D eigenvalue weighted by Gasteiger charge is -2.34. The number of rotatable bonds is 4. The Morgan fingerprint density at radius 2 is 2.12 bits per heavy atom. The van der Waals surface area contributed by atoms with E-state index in [1.54, 1.807) is 0 Å². The average molecular weight is 237 g/mol. The van der Waals surface area contributed by atoms with Gasteiger partial charge in [0.2, 0.25) is 0 Å². The maximum atomic E-state index is 12.5. The number of halogens is 1. The molecule has 3 heteroatoms. The maximum absolute atomic E-state index is 12.5. The highest BCUT2D eigenvalue weighted by Crippen LogP contribution is 2.21. The first-order chi connectivity index (χ1) is 8.29. The van der Waals surface area contributed by atoms with E-state index in [9.17, 15) is 9.50 Å². The van der Waals surface area contributed by atoms with E-state index in [4.69, 9.17) is 0 Å². The lowest BCUT2D eigenvalue weighted by molar-refractivity contribution is 0.0326. The van der Waals surface area contributed by atoms with Crippen LogP contribution in [0, 0.1) is 5.92 Å². The Hall–Kier alpha value is -0.930. The number of alkyl halides is 1. The van der Waals surface area contributed by atoms with E-state index in [0.29, 0.717) is 0 Å². The summed E-state index contributed by atoms with van der Waals surface area (Å²) in [5.74, 6) is 0.0949. The highest BCUT2D eigenvalue weighted by molar-refractivity contribution is 5.14. The first-order valence-electron chi connectivity index (χ1n) is 6.30. The largest absolute Gasteiger partial charge is 0.390 e. The van der Waals surface area contributed by atoms with E-state index in [-0.39, 0.29) is 5.92 Å². The Balaban J connectivity index is 1.89. The lowest BCUT2D eigenvalue weighted by atomic mass is 9.93. The fraction of sp³-hybridized carbons (Fsp3) is 0.571. The van der Waals surface area contributed by atoms with Crippen molar-refractivity contribution in [3.8, 4) is 0 Å². The fourth-order valence-corrected chi connectivity index (χ4v) is 2.52. The van der Waals surface area contributed by atoms with Gasteiger partial charge in [0.15, 0.2) is 0 Å². The third-order valence-electron chi connectivity index (χ3n) is 3.49. The van der Waals surface area contributed by atoms with Crippen LogP contribution in [0.15, 0.2) is 30.3 Å². The fourth-order valence-electron chi connectivity index (χ4n) is 2.52. The van der Waals surface area contributed by atoms with Crippen LogP contribution in [0.2, 0.25) is 0 Å². The van der Waals surface area contributed by atoms with Crippen LogP contribution < -0.4 is 0 Å². The Morgan fingerprint density at radius 1 is 1.35 bits per heavy atom. The molecular formula is C14H20FNO. The summed E-state index contributed by atoms with van der Waals surface area (Å²) in [6, 6.07) is 10.3. The van der Waals surface area contributed by atoms with Crippen LogP contribution in [0.1, 0.15) is 18.4 Å². The molecule has 0 aromatic heterocycles. The molecule has 0 saturated carbocycles. The van der Waals surface area contributed by atoms with Gasteiger partial charge in [0.1, 0.15) is 6.67 Å². The Morgan fingerprint density at radius 3 is 2.82 bits per heavy atom. The Bertz CT molecular complexity index is 330. The molecule has 1 saturated heterocycles. The van der Waals surface area contributed by atoms with Gasteiger partial charge in [-0.3, -0.25) is 4.90 Å². The second-order valence-corrected chi connectivity index (χ2v) is 4.84. The quantitative estimate of drug-likeness (QED) is 0.868. The smallest absolute Gasteiger partial charge is 0.116 e. The summed E-state index contributed by atoms with van der Waals surface area (Å²) >= 11 is 0. The van der Waals surface area contributed by atoms with Gasteiger partial charge in [0, 0.05) is 19.0 Å². The topological polar surface area (TPSA) is 23.5 Å². The number of aliphatic hydroxyl groups is 1. The molecule has 2 atom stereocenters. The number of piperidine rings is 1. The van der Waals surface area contributed by atoms with Crippen molar-refractivity contribution in [1.29, 1.82) is 0 Å². The Kier molecular flexibility index (Phi) is 4.51. The van der Waals surface area contributed by atoms with Crippen molar-refractivity contribution in [3.05, 3.63) is 35.9 Å².